The molecule has 2 aromatic carbocycles. The number of thiazole rings is 1. The summed E-state index contributed by atoms with van der Waals surface area (Å²) < 4.78 is 15.8. The van der Waals surface area contributed by atoms with Crippen molar-refractivity contribution in [3.05, 3.63) is 65.8 Å². The van der Waals surface area contributed by atoms with Crippen LogP contribution in [0.4, 0.5) is 15.3 Å². The fourth-order valence-electron chi connectivity index (χ4n) is 2.79. The van der Waals surface area contributed by atoms with E-state index in [0.717, 1.165) is 21.3 Å². The van der Waals surface area contributed by atoms with Crippen LogP contribution < -0.4 is 5.32 Å². The molecule has 1 N–H and O–H groups in total. The summed E-state index contributed by atoms with van der Waals surface area (Å²) in [5.74, 6) is 0.290. The number of nitrogens with one attached hydrogen (secondary N) is 1. The zero-order chi connectivity index (χ0) is 18.4. The highest BCUT2D eigenvalue weighted by atomic mass is 35.5. The second-order valence-corrected chi connectivity index (χ2v) is 7.22. The third kappa shape index (κ3) is 2.88. The predicted molar refractivity (Wildman–Crippen MR) is 105 cm³/mol. The Labute approximate surface area is 161 Å². The lowest BCUT2D eigenvalue weighted by molar-refractivity contribution is 0.630. The van der Waals surface area contributed by atoms with Gasteiger partial charge in [-0.2, -0.15) is 5.10 Å². The van der Waals surface area contributed by atoms with Crippen LogP contribution in [0, 0.1) is 5.82 Å². The molecule has 5 rings (SSSR count). The molecule has 0 aliphatic carbocycles. The standard InChI is InChI=1S/C18H10ClFN6S/c19-10-2-1-3-12(6-10)26-17-13(8-23-26)16(21-9-22-17)25-18-24-14-5-4-11(20)7-15(14)27-18/h1-9H,(H,21,22,24,25). The molecule has 0 saturated carbocycles. The van der Waals surface area contributed by atoms with Gasteiger partial charge in [-0.15, -0.1) is 0 Å². The van der Waals surface area contributed by atoms with Gasteiger partial charge < -0.3 is 5.32 Å². The fraction of sp³-hybridized carbons (Fsp3) is 0. The molecule has 0 unspecified atom stereocenters. The van der Waals surface area contributed by atoms with E-state index >= 15 is 0 Å². The Morgan fingerprint density at radius 3 is 2.93 bits per heavy atom. The van der Waals surface area contributed by atoms with E-state index in [0.29, 0.717) is 21.6 Å². The van der Waals surface area contributed by atoms with E-state index in [-0.39, 0.29) is 5.82 Å². The summed E-state index contributed by atoms with van der Waals surface area (Å²) in [6.07, 6.45) is 3.14. The van der Waals surface area contributed by atoms with Crippen LogP contribution in [0.15, 0.2) is 55.0 Å². The molecule has 132 valence electrons. The summed E-state index contributed by atoms with van der Waals surface area (Å²) >= 11 is 7.43. The second-order valence-electron chi connectivity index (χ2n) is 5.75. The summed E-state index contributed by atoms with van der Waals surface area (Å²) in [6, 6.07) is 11.9. The summed E-state index contributed by atoms with van der Waals surface area (Å²) in [5, 5.41) is 9.57. The average molecular weight is 397 g/mol. The highest BCUT2D eigenvalue weighted by Crippen LogP contribution is 2.30. The first-order valence-electron chi connectivity index (χ1n) is 7.95. The molecular weight excluding hydrogens is 387 g/mol. The number of fused-ring (bicyclic) bond motifs is 2. The first-order chi connectivity index (χ1) is 13.2. The number of anilines is 2. The van der Waals surface area contributed by atoms with Crippen LogP contribution in [0.1, 0.15) is 0 Å². The number of nitrogens with zero attached hydrogens (tertiary/aromatic N) is 5. The molecule has 0 aliphatic heterocycles. The summed E-state index contributed by atoms with van der Waals surface area (Å²) in [6.45, 7) is 0. The molecular formula is C18H10ClFN6S. The topological polar surface area (TPSA) is 68.5 Å². The lowest BCUT2D eigenvalue weighted by Gasteiger charge is -2.05. The van der Waals surface area contributed by atoms with E-state index < -0.39 is 0 Å². The highest BCUT2D eigenvalue weighted by molar-refractivity contribution is 7.22. The quantitative estimate of drug-likeness (QED) is 0.466. The summed E-state index contributed by atoms with van der Waals surface area (Å²) in [4.78, 5) is 13.1. The van der Waals surface area contributed by atoms with Crippen LogP contribution in [0.25, 0.3) is 26.9 Å². The van der Waals surface area contributed by atoms with Gasteiger partial charge in [0.15, 0.2) is 10.8 Å². The van der Waals surface area contributed by atoms with E-state index in [1.54, 1.807) is 23.0 Å². The van der Waals surface area contributed by atoms with Gasteiger partial charge >= 0.3 is 0 Å². The maximum Gasteiger partial charge on any atom is 0.189 e. The Balaban J connectivity index is 1.57. The van der Waals surface area contributed by atoms with Crippen molar-refractivity contribution in [3.8, 4) is 5.69 Å². The molecule has 6 nitrogen and oxygen atoms in total. The minimum atomic E-state index is -0.287. The molecule has 0 saturated heterocycles. The number of benzene rings is 2. The number of aromatic nitrogens is 5. The molecule has 5 aromatic rings. The lowest BCUT2D eigenvalue weighted by Crippen LogP contribution is -1.99. The third-order valence-electron chi connectivity index (χ3n) is 3.99. The van der Waals surface area contributed by atoms with Gasteiger partial charge in [0, 0.05) is 5.02 Å². The molecule has 0 aliphatic rings. The molecule has 0 amide bonds. The van der Waals surface area contributed by atoms with Crippen molar-refractivity contribution in [3.63, 3.8) is 0 Å². The Kier molecular flexibility index (Phi) is 3.73. The molecule has 3 aromatic heterocycles. The SMILES string of the molecule is Fc1ccc2nc(Nc3ncnc4c3cnn4-c3cccc(Cl)c3)sc2c1. The fourth-order valence-corrected chi connectivity index (χ4v) is 3.87. The van der Waals surface area contributed by atoms with Crippen LogP contribution in [0.3, 0.4) is 0 Å². The van der Waals surface area contributed by atoms with E-state index in [1.165, 1.54) is 29.8 Å². The Bertz CT molecular complexity index is 1300. The minimum Gasteiger partial charge on any atom is -0.315 e. The monoisotopic (exact) mass is 396 g/mol. The zero-order valence-electron chi connectivity index (χ0n) is 13.6. The molecule has 3 heterocycles. The zero-order valence-corrected chi connectivity index (χ0v) is 15.2. The van der Waals surface area contributed by atoms with Gasteiger partial charge in [-0.25, -0.2) is 24.0 Å². The smallest absolute Gasteiger partial charge is 0.189 e. The van der Waals surface area contributed by atoms with E-state index in [1.807, 2.05) is 18.2 Å². The number of rotatable bonds is 3. The summed E-state index contributed by atoms with van der Waals surface area (Å²) in [7, 11) is 0. The Hall–Kier alpha value is -3.10. The van der Waals surface area contributed by atoms with Gasteiger partial charge in [0.05, 0.1) is 27.5 Å². The first-order valence-corrected chi connectivity index (χ1v) is 9.14. The number of hydrogen-bond donors (Lipinski definition) is 1. The molecule has 0 spiro atoms. The normalized spacial score (nSPS) is 11.3. The maximum atomic E-state index is 13.4. The van der Waals surface area contributed by atoms with Crippen molar-refractivity contribution in [1.82, 2.24) is 24.7 Å². The lowest BCUT2D eigenvalue weighted by atomic mass is 10.3. The number of hydrogen-bond acceptors (Lipinski definition) is 6. The van der Waals surface area contributed by atoms with Crippen LogP contribution in [0.2, 0.25) is 5.02 Å². The van der Waals surface area contributed by atoms with E-state index in [4.69, 9.17) is 11.6 Å². The molecule has 0 fully saturated rings. The van der Waals surface area contributed by atoms with Gasteiger partial charge in [0.2, 0.25) is 0 Å². The second kappa shape index (κ2) is 6.26. The van der Waals surface area contributed by atoms with Crippen molar-refractivity contribution in [1.29, 1.82) is 0 Å². The average Bonchev–Trinajstić information content (AvgIpc) is 3.25. The molecule has 0 bridgehead atoms. The van der Waals surface area contributed by atoms with Crippen LogP contribution >= 0.6 is 22.9 Å². The molecule has 0 radical (unpaired) electrons. The largest absolute Gasteiger partial charge is 0.315 e. The molecule has 0 atom stereocenters. The van der Waals surface area contributed by atoms with Crippen molar-refractivity contribution >= 4 is 55.1 Å². The Morgan fingerprint density at radius 1 is 1.11 bits per heavy atom. The van der Waals surface area contributed by atoms with Gasteiger partial charge in [-0.3, -0.25) is 0 Å². The highest BCUT2D eigenvalue weighted by Gasteiger charge is 2.13. The van der Waals surface area contributed by atoms with Crippen LogP contribution in [-0.4, -0.2) is 24.7 Å². The van der Waals surface area contributed by atoms with Gasteiger partial charge in [-0.05, 0) is 36.4 Å². The Morgan fingerprint density at radius 2 is 2.04 bits per heavy atom. The molecule has 27 heavy (non-hydrogen) atoms. The van der Waals surface area contributed by atoms with E-state index in [9.17, 15) is 4.39 Å². The van der Waals surface area contributed by atoms with Crippen molar-refractivity contribution in [2.75, 3.05) is 5.32 Å². The predicted octanol–water partition coefficient (Wildman–Crippen LogP) is 4.96. The minimum absolute atomic E-state index is 0.287. The molecule has 9 heteroatoms. The van der Waals surface area contributed by atoms with Crippen LogP contribution in [0.5, 0.6) is 0 Å². The van der Waals surface area contributed by atoms with Crippen molar-refractivity contribution in [2.24, 2.45) is 0 Å². The third-order valence-corrected chi connectivity index (χ3v) is 5.16. The first kappa shape index (κ1) is 16.1. The van der Waals surface area contributed by atoms with Crippen LogP contribution in [-0.2, 0) is 0 Å². The van der Waals surface area contributed by atoms with E-state index in [2.05, 4.69) is 25.4 Å². The number of halogens is 2. The van der Waals surface area contributed by atoms with Gasteiger partial charge in [0.1, 0.15) is 18.0 Å². The summed E-state index contributed by atoms with van der Waals surface area (Å²) in [5.41, 5.74) is 2.17. The van der Waals surface area contributed by atoms with Gasteiger partial charge in [0.25, 0.3) is 0 Å². The maximum absolute atomic E-state index is 13.4. The van der Waals surface area contributed by atoms with Crippen molar-refractivity contribution in [2.45, 2.75) is 0 Å². The van der Waals surface area contributed by atoms with Crippen molar-refractivity contribution < 1.29 is 4.39 Å². The van der Waals surface area contributed by atoms with Gasteiger partial charge in [-0.1, -0.05) is 29.0 Å².